The molecule has 21 heavy (non-hydrogen) atoms. The van der Waals surface area contributed by atoms with Crippen molar-refractivity contribution in [2.75, 3.05) is 7.11 Å². The molecule has 0 unspecified atom stereocenters. The highest BCUT2D eigenvalue weighted by atomic mass is 79.9. The van der Waals surface area contributed by atoms with Gasteiger partial charge in [0.05, 0.1) is 12.7 Å². The molecule has 106 valence electrons. The number of pyridine rings is 1. The minimum atomic E-state index is 0.0368. The van der Waals surface area contributed by atoms with Gasteiger partial charge >= 0.3 is 0 Å². The summed E-state index contributed by atoms with van der Waals surface area (Å²) in [6.45, 7) is 0. The highest BCUT2D eigenvalue weighted by Crippen LogP contribution is 2.32. The van der Waals surface area contributed by atoms with Crippen LogP contribution in [-0.2, 0) is 0 Å². The Hall–Kier alpha value is -2.41. The highest BCUT2D eigenvalue weighted by molar-refractivity contribution is 9.10. The van der Waals surface area contributed by atoms with Gasteiger partial charge in [-0.15, -0.1) is 0 Å². The van der Waals surface area contributed by atoms with Crippen LogP contribution in [0.15, 0.2) is 45.5 Å². The summed E-state index contributed by atoms with van der Waals surface area (Å²) in [7, 11) is 1.54. The summed E-state index contributed by atoms with van der Waals surface area (Å²) in [6, 6.07) is 8.38. The number of phenols is 1. The second kappa shape index (κ2) is 5.53. The Bertz CT molecular complexity index is 771. The average Bonchev–Trinajstić information content (AvgIpc) is 2.98. The second-order valence-corrected chi connectivity index (χ2v) is 5.08. The van der Waals surface area contributed by atoms with Crippen LogP contribution in [-0.4, -0.2) is 27.3 Å². The predicted molar refractivity (Wildman–Crippen MR) is 78.9 cm³/mol. The molecule has 0 radical (unpaired) electrons. The van der Waals surface area contributed by atoms with Crippen molar-refractivity contribution in [3.8, 4) is 34.5 Å². The maximum atomic E-state index is 9.89. The summed E-state index contributed by atoms with van der Waals surface area (Å²) in [5.41, 5.74) is 0.987. The molecule has 7 heteroatoms. The number of aromatic nitrogens is 3. The third-order valence-electron chi connectivity index (χ3n) is 2.82. The quantitative estimate of drug-likeness (QED) is 0.782. The smallest absolute Gasteiger partial charge is 0.262 e. The fraction of sp³-hybridized carbons (Fsp3) is 0.0714. The topological polar surface area (TPSA) is 81.3 Å². The van der Waals surface area contributed by atoms with Crippen molar-refractivity contribution in [1.82, 2.24) is 15.1 Å². The molecule has 0 atom stereocenters. The average molecular weight is 348 g/mol. The number of nitrogens with zero attached hydrogens (tertiary/aromatic N) is 3. The molecule has 1 N–H and O–H groups in total. The lowest BCUT2D eigenvalue weighted by atomic mass is 10.2. The van der Waals surface area contributed by atoms with E-state index in [9.17, 15) is 5.11 Å². The van der Waals surface area contributed by atoms with Gasteiger partial charge in [0.25, 0.3) is 5.89 Å². The minimum absolute atomic E-state index is 0.0368. The summed E-state index contributed by atoms with van der Waals surface area (Å²) in [6.07, 6.45) is 1.65. The molecule has 0 amide bonds. The molecule has 0 saturated carbocycles. The number of benzene rings is 1. The normalized spacial score (nSPS) is 10.6. The zero-order chi connectivity index (χ0) is 14.8. The standard InChI is InChI=1S/C14H10BrN3O3/c1-20-9-3-5-12(19)10(6-9)14-17-13(18-21-14)11-4-2-8(15)7-16-11/h2-7,19H,1H3. The molecule has 3 rings (SSSR count). The van der Waals surface area contributed by atoms with Gasteiger partial charge in [-0.2, -0.15) is 4.98 Å². The van der Waals surface area contributed by atoms with E-state index >= 15 is 0 Å². The van der Waals surface area contributed by atoms with Crippen LogP contribution >= 0.6 is 15.9 Å². The number of aromatic hydroxyl groups is 1. The molecule has 0 saturated heterocycles. The molecule has 0 aliphatic carbocycles. The third-order valence-corrected chi connectivity index (χ3v) is 3.29. The molecule has 1 aromatic carbocycles. The number of phenolic OH excluding ortho intramolecular Hbond substituents is 1. The molecule has 3 aromatic rings. The molecule has 0 aliphatic rings. The molecule has 0 spiro atoms. The van der Waals surface area contributed by atoms with Crippen molar-refractivity contribution in [1.29, 1.82) is 0 Å². The van der Waals surface area contributed by atoms with E-state index in [2.05, 4.69) is 31.1 Å². The summed E-state index contributed by atoms with van der Waals surface area (Å²) in [5.74, 6) is 1.17. The molecule has 0 bridgehead atoms. The van der Waals surface area contributed by atoms with E-state index in [1.54, 1.807) is 31.5 Å². The SMILES string of the molecule is COc1ccc(O)c(-c2nc(-c3ccc(Br)cn3)no2)c1. The first-order chi connectivity index (χ1) is 10.2. The Morgan fingerprint density at radius 2 is 2.10 bits per heavy atom. The van der Waals surface area contributed by atoms with E-state index in [0.717, 1.165) is 4.47 Å². The number of hydrogen-bond donors (Lipinski definition) is 1. The fourth-order valence-corrected chi connectivity index (χ4v) is 1.99. The van der Waals surface area contributed by atoms with Crippen molar-refractivity contribution < 1.29 is 14.4 Å². The van der Waals surface area contributed by atoms with Crippen LogP contribution in [0.25, 0.3) is 23.0 Å². The summed E-state index contributed by atoms with van der Waals surface area (Å²) >= 11 is 3.31. The predicted octanol–water partition coefficient (Wildman–Crippen LogP) is 3.28. The van der Waals surface area contributed by atoms with Crippen LogP contribution in [0.3, 0.4) is 0 Å². The van der Waals surface area contributed by atoms with Crippen molar-refractivity contribution in [3.05, 3.63) is 41.0 Å². The summed E-state index contributed by atoms with van der Waals surface area (Å²) in [4.78, 5) is 8.44. The Morgan fingerprint density at radius 3 is 2.81 bits per heavy atom. The van der Waals surface area contributed by atoms with Crippen LogP contribution in [0.1, 0.15) is 0 Å². The second-order valence-electron chi connectivity index (χ2n) is 4.17. The van der Waals surface area contributed by atoms with Crippen LogP contribution in [0.4, 0.5) is 0 Å². The van der Waals surface area contributed by atoms with Gasteiger partial charge in [0, 0.05) is 10.7 Å². The van der Waals surface area contributed by atoms with Crippen LogP contribution in [0, 0.1) is 0 Å². The number of hydrogen-bond acceptors (Lipinski definition) is 6. The fourth-order valence-electron chi connectivity index (χ4n) is 1.76. The number of halogens is 1. The summed E-state index contributed by atoms with van der Waals surface area (Å²) < 4.78 is 11.2. The first kappa shape index (κ1) is 13.6. The van der Waals surface area contributed by atoms with E-state index in [0.29, 0.717) is 22.8 Å². The van der Waals surface area contributed by atoms with Gasteiger partial charge in [0.1, 0.15) is 17.2 Å². The lowest BCUT2D eigenvalue weighted by Crippen LogP contribution is -1.86. The van der Waals surface area contributed by atoms with Gasteiger partial charge in [-0.3, -0.25) is 4.98 Å². The first-order valence-electron chi connectivity index (χ1n) is 6.00. The van der Waals surface area contributed by atoms with E-state index in [4.69, 9.17) is 9.26 Å². The van der Waals surface area contributed by atoms with Gasteiger partial charge in [0.2, 0.25) is 5.82 Å². The largest absolute Gasteiger partial charge is 0.507 e. The van der Waals surface area contributed by atoms with Crippen LogP contribution in [0.2, 0.25) is 0 Å². The molecule has 0 aliphatic heterocycles. The molecular formula is C14H10BrN3O3. The minimum Gasteiger partial charge on any atom is -0.507 e. The molecule has 2 aromatic heterocycles. The van der Waals surface area contributed by atoms with E-state index < -0.39 is 0 Å². The molecule has 0 fully saturated rings. The maximum absolute atomic E-state index is 9.89. The molecular weight excluding hydrogens is 338 g/mol. The van der Waals surface area contributed by atoms with Gasteiger partial charge in [0.15, 0.2) is 0 Å². The van der Waals surface area contributed by atoms with Gasteiger partial charge in [-0.1, -0.05) is 5.16 Å². The van der Waals surface area contributed by atoms with E-state index in [1.807, 2.05) is 6.07 Å². The van der Waals surface area contributed by atoms with Crippen molar-refractivity contribution in [2.45, 2.75) is 0 Å². The zero-order valence-corrected chi connectivity index (χ0v) is 12.5. The lowest BCUT2D eigenvalue weighted by molar-refractivity contribution is 0.408. The van der Waals surface area contributed by atoms with E-state index in [-0.39, 0.29) is 11.6 Å². The Balaban J connectivity index is 2.00. The van der Waals surface area contributed by atoms with Crippen LogP contribution in [0.5, 0.6) is 11.5 Å². The number of methoxy groups -OCH3 is 1. The first-order valence-corrected chi connectivity index (χ1v) is 6.79. The molecule has 6 nitrogen and oxygen atoms in total. The Labute approximate surface area is 128 Å². The van der Waals surface area contributed by atoms with Gasteiger partial charge in [-0.05, 0) is 46.3 Å². The Kier molecular flexibility index (Phi) is 3.57. The van der Waals surface area contributed by atoms with Gasteiger partial charge < -0.3 is 14.4 Å². The monoisotopic (exact) mass is 347 g/mol. The molecule has 2 heterocycles. The van der Waals surface area contributed by atoms with Gasteiger partial charge in [-0.25, -0.2) is 0 Å². The maximum Gasteiger partial charge on any atom is 0.262 e. The Morgan fingerprint density at radius 1 is 1.24 bits per heavy atom. The zero-order valence-electron chi connectivity index (χ0n) is 10.9. The van der Waals surface area contributed by atoms with Crippen molar-refractivity contribution in [2.24, 2.45) is 0 Å². The third kappa shape index (κ3) is 2.73. The number of ether oxygens (including phenoxy) is 1. The van der Waals surface area contributed by atoms with Crippen molar-refractivity contribution in [3.63, 3.8) is 0 Å². The summed E-state index contributed by atoms with van der Waals surface area (Å²) in [5, 5.41) is 13.8. The lowest BCUT2D eigenvalue weighted by Gasteiger charge is -2.02. The van der Waals surface area contributed by atoms with E-state index in [1.165, 1.54) is 6.07 Å². The highest BCUT2D eigenvalue weighted by Gasteiger charge is 2.15. The van der Waals surface area contributed by atoms with Crippen LogP contribution < -0.4 is 4.74 Å². The number of rotatable bonds is 3. The van der Waals surface area contributed by atoms with Crippen molar-refractivity contribution >= 4 is 15.9 Å².